The number of nitrogens with zero attached hydrogens (tertiary/aromatic N) is 1. The van der Waals surface area contributed by atoms with Crippen LogP contribution in [-0.4, -0.2) is 0 Å². The van der Waals surface area contributed by atoms with E-state index in [1.54, 1.807) is 0 Å². The Balaban J connectivity index is 2.82. The van der Waals surface area contributed by atoms with Crippen LogP contribution in [0.1, 0.15) is 22.3 Å². The third-order valence-electron chi connectivity index (χ3n) is 3.56. The van der Waals surface area contributed by atoms with Crippen LogP contribution in [0.25, 0.3) is 11.3 Å². The van der Waals surface area contributed by atoms with E-state index in [-0.39, 0.29) is 0 Å². The maximum atomic E-state index is 2.21. The van der Waals surface area contributed by atoms with Gasteiger partial charge in [0.2, 0.25) is 5.69 Å². The van der Waals surface area contributed by atoms with Gasteiger partial charge in [-0.15, -0.1) is 0 Å². The van der Waals surface area contributed by atoms with E-state index in [0.717, 1.165) is 0 Å². The van der Waals surface area contributed by atoms with E-state index >= 15 is 0 Å². The molecule has 88 valence electrons. The summed E-state index contributed by atoms with van der Waals surface area (Å²) in [6.45, 7) is 8.76. The van der Waals surface area contributed by atoms with Crippen molar-refractivity contribution in [1.82, 2.24) is 0 Å². The molecule has 1 aromatic carbocycles. The van der Waals surface area contributed by atoms with Crippen LogP contribution >= 0.6 is 0 Å². The number of rotatable bonds is 1. The lowest BCUT2D eigenvalue weighted by molar-refractivity contribution is -0.660. The second-order valence-corrected chi connectivity index (χ2v) is 4.85. The first-order valence-corrected chi connectivity index (χ1v) is 6.05. The van der Waals surface area contributed by atoms with Crippen molar-refractivity contribution >= 4 is 0 Å². The van der Waals surface area contributed by atoms with Gasteiger partial charge in [0, 0.05) is 11.6 Å². The average molecular weight is 226 g/mol. The summed E-state index contributed by atoms with van der Waals surface area (Å²) in [6.07, 6.45) is 2.11. The van der Waals surface area contributed by atoms with Gasteiger partial charge in [0.25, 0.3) is 0 Å². The molecule has 1 nitrogen and oxygen atoms in total. The Morgan fingerprint density at radius 1 is 0.824 bits per heavy atom. The SMILES string of the molecule is Cc1ccc(C)c(-c2c(C)ccc[n+]2C)c1C. The molecule has 0 atom stereocenters. The van der Waals surface area contributed by atoms with Gasteiger partial charge in [-0.3, -0.25) is 0 Å². The third-order valence-corrected chi connectivity index (χ3v) is 3.56. The lowest BCUT2D eigenvalue weighted by Crippen LogP contribution is -2.31. The highest BCUT2D eigenvalue weighted by Crippen LogP contribution is 2.28. The van der Waals surface area contributed by atoms with Crippen LogP contribution in [0.15, 0.2) is 30.5 Å². The summed E-state index contributed by atoms with van der Waals surface area (Å²) in [7, 11) is 2.11. The molecule has 1 heteroatoms. The highest BCUT2D eigenvalue weighted by Gasteiger charge is 2.18. The zero-order valence-electron chi connectivity index (χ0n) is 11.3. The molecule has 17 heavy (non-hydrogen) atoms. The molecule has 0 amide bonds. The molecule has 0 unspecified atom stereocenters. The third kappa shape index (κ3) is 1.97. The molecule has 0 spiro atoms. The van der Waals surface area contributed by atoms with Crippen molar-refractivity contribution in [1.29, 1.82) is 0 Å². The van der Waals surface area contributed by atoms with Crippen molar-refractivity contribution in [2.24, 2.45) is 7.05 Å². The molecular weight excluding hydrogens is 206 g/mol. The number of benzene rings is 1. The zero-order chi connectivity index (χ0) is 12.6. The monoisotopic (exact) mass is 226 g/mol. The highest BCUT2D eigenvalue weighted by molar-refractivity contribution is 5.69. The minimum atomic E-state index is 1.33. The molecular formula is C16H20N+. The molecule has 0 saturated heterocycles. The van der Waals surface area contributed by atoms with Gasteiger partial charge in [-0.05, 0) is 50.5 Å². The number of hydrogen-bond donors (Lipinski definition) is 0. The van der Waals surface area contributed by atoms with Gasteiger partial charge in [0.1, 0.15) is 7.05 Å². The van der Waals surface area contributed by atoms with Crippen LogP contribution in [0.3, 0.4) is 0 Å². The Labute approximate surface area is 104 Å². The molecule has 1 aromatic heterocycles. The highest BCUT2D eigenvalue weighted by atomic mass is 14.9. The normalized spacial score (nSPS) is 10.6. The Hall–Kier alpha value is -1.63. The fourth-order valence-corrected chi connectivity index (χ4v) is 2.44. The van der Waals surface area contributed by atoms with Crippen molar-refractivity contribution in [2.45, 2.75) is 27.7 Å². The largest absolute Gasteiger partial charge is 0.215 e. The standard InChI is InChI=1S/C16H20N/c1-11-8-9-12(2)15(14(11)4)16-13(3)7-6-10-17(16)5/h6-10H,1-5H3/q+1. The van der Waals surface area contributed by atoms with Crippen LogP contribution in [0.4, 0.5) is 0 Å². The van der Waals surface area contributed by atoms with Gasteiger partial charge >= 0.3 is 0 Å². The molecule has 2 aromatic rings. The molecule has 0 bridgehead atoms. The fraction of sp³-hybridized carbons (Fsp3) is 0.312. The number of aromatic nitrogens is 1. The number of aryl methyl sites for hydroxylation is 4. The van der Waals surface area contributed by atoms with Crippen molar-refractivity contribution in [3.8, 4) is 11.3 Å². The number of hydrogen-bond acceptors (Lipinski definition) is 0. The Kier molecular flexibility index (Phi) is 3.01. The van der Waals surface area contributed by atoms with Crippen LogP contribution in [0, 0.1) is 27.7 Å². The van der Waals surface area contributed by atoms with Gasteiger partial charge < -0.3 is 0 Å². The van der Waals surface area contributed by atoms with Gasteiger partial charge in [0.15, 0.2) is 6.20 Å². The molecule has 0 aliphatic carbocycles. The molecule has 0 saturated carbocycles. The molecule has 0 aliphatic rings. The van der Waals surface area contributed by atoms with Crippen LogP contribution in [0.5, 0.6) is 0 Å². The molecule has 1 heterocycles. The molecule has 0 radical (unpaired) electrons. The first-order valence-electron chi connectivity index (χ1n) is 6.05. The molecule has 2 rings (SSSR count). The van der Waals surface area contributed by atoms with Gasteiger partial charge in [-0.1, -0.05) is 12.1 Å². The predicted octanol–water partition coefficient (Wildman–Crippen LogP) is 3.41. The van der Waals surface area contributed by atoms with E-state index in [9.17, 15) is 0 Å². The first-order chi connectivity index (χ1) is 8.02. The summed E-state index contributed by atoms with van der Waals surface area (Å²) < 4.78 is 2.21. The smallest absolute Gasteiger partial charge is 0.201 e. The van der Waals surface area contributed by atoms with Crippen molar-refractivity contribution in [2.75, 3.05) is 0 Å². The van der Waals surface area contributed by atoms with E-state index in [2.05, 4.69) is 69.8 Å². The lowest BCUT2D eigenvalue weighted by atomic mass is 9.93. The summed E-state index contributed by atoms with van der Waals surface area (Å²) >= 11 is 0. The first kappa shape index (κ1) is 11.8. The maximum absolute atomic E-state index is 2.21. The molecule has 0 N–H and O–H groups in total. The topological polar surface area (TPSA) is 3.88 Å². The van der Waals surface area contributed by atoms with E-state index < -0.39 is 0 Å². The van der Waals surface area contributed by atoms with Crippen molar-refractivity contribution < 1.29 is 4.57 Å². The molecule has 0 aliphatic heterocycles. The van der Waals surface area contributed by atoms with E-state index in [1.165, 1.54) is 33.5 Å². The Bertz CT molecular complexity index is 548. The van der Waals surface area contributed by atoms with Crippen molar-refractivity contribution in [3.05, 3.63) is 52.7 Å². The Morgan fingerprint density at radius 3 is 2.12 bits per heavy atom. The summed E-state index contributed by atoms with van der Waals surface area (Å²) in [5, 5.41) is 0. The van der Waals surface area contributed by atoms with Crippen LogP contribution in [0.2, 0.25) is 0 Å². The summed E-state index contributed by atoms with van der Waals surface area (Å²) in [6, 6.07) is 8.69. The maximum Gasteiger partial charge on any atom is 0.215 e. The lowest BCUT2D eigenvalue weighted by Gasteiger charge is -2.12. The Morgan fingerprint density at radius 2 is 1.47 bits per heavy atom. The summed E-state index contributed by atoms with van der Waals surface area (Å²) in [5.41, 5.74) is 8.12. The van der Waals surface area contributed by atoms with E-state index in [0.29, 0.717) is 0 Å². The fourth-order valence-electron chi connectivity index (χ4n) is 2.44. The molecule has 0 fully saturated rings. The quantitative estimate of drug-likeness (QED) is 0.656. The van der Waals surface area contributed by atoms with E-state index in [4.69, 9.17) is 0 Å². The predicted molar refractivity (Wildman–Crippen MR) is 72.0 cm³/mol. The minimum Gasteiger partial charge on any atom is -0.201 e. The summed E-state index contributed by atoms with van der Waals surface area (Å²) in [4.78, 5) is 0. The van der Waals surface area contributed by atoms with Crippen molar-refractivity contribution in [3.63, 3.8) is 0 Å². The van der Waals surface area contributed by atoms with Gasteiger partial charge in [-0.2, -0.15) is 0 Å². The second-order valence-electron chi connectivity index (χ2n) is 4.85. The zero-order valence-corrected chi connectivity index (χ0v) is 11.3. The van der Waals surface area contributed by atoms with Gasteiger partial charge in [-0.25, -0.2) is 4.57 Å². The number of pyridine rings is 1. The average Bonchev–Trinajstić information content (AvgIpc) is 2.28. The summed E-state index contributed by atoms with van der Waals surface area (Å²) in [5.74, 6) is 0. The van der Waals surface area contributed by atoms with Crippen LogP contribution in [-0.2, 0) is 7.05 Å². The van der Waals surface area contributed by atoms with Gasteiger partial charge in [0.05, 0.1) is 5.56 Å². The van der Waals surface area contributed by atoms with Crippen LogP contribution < -0.4 is 4.57 Å². The minimum absolute atomic E-state index is 1.33. The van der Waals surface area contributed by atoms with E-state index in [1.807, 2.05) is 0 Å². The second kappa shape index (κ2) is 4.33.